The van der Waals surface area contributed by atoms with E-state index in [1.54, 1.807) is 31.2 Å². The van der Waals surface area contributed by atoms with Crippen LogP contribution < -0.4 is 10.5 Å². The molecule has 0 aliphatic heterocycles. The zero-order chi connectivity index (χ0) is 17.7. The van der Waals surface area contributed by atoms with Crippen LogP contribution in [0.25, 0.3) is 11.5 Å². The Morgan fingerprint density at radius 1 is 1.29 bits per heavy atom. The van der Waals surface area contributed by atoms with Gasteiger partial charge in [-0.3, -0.25) is 0 Å². The van der Waals surface area contributed by atoms with Gasteiger partial charge in [0.1, 0.15) is 5.75 Å². The van der Waals surface area contributed by atoms with E-state index in [4.69, 9.17) is 13.9 Å². The SMILES string of the molecule is COC(C)n1nc(-c2ccc(OCCCC(F)(F)F)cc2)oc1=O. The molecule has 0 saturated heterocycles. The Morgan fingerprint density at radius 3 is 2.54 bits per heavy atom. The number of hydrogen-bond acceptors (Lipinski definition) is 5. The summed E-state index contributed by atoms with van der Waals surface area (Å²) in [6.07, 6.45) is -5.74. The molecule has 0 aliphatic carbocycles. The monoisotopic (exact) mass is 346 g/mol. The molecule has 24 heavy (non-hydrogen) atoms. The molecule has 0 saturated carbocycles. The number of nitrogens with zero attached hydrogens (tertiary/aromatic N) is 2. The average molecular weight is 346 g/mol. The molecular formula is C15H17F3N2O4. The summed E-state index contributed by atoms with van der Waals surface area (Å²) >= 11 is 0. The highest BCUT2D eigenvalue weighted by atomic mass is 19.4. The van der Waals surface area contributed by atoms with Crippen LogP contribution in [0.5, 0.6) is 5.75 Å². The van der Waals surface area contributed by atoms with Crippen LogP contribution in [0.4, 0.5) is 13.2 Å². The van der Waals surface area contributed by atoms with Gasteiger partial charge in [0.25, 0.3) is 0 Å². The van der Waals surface area contributed by atoms with Crippen LogP contribution in [0.2, 0.25) is 0 Å². The van der Waals surface area contributed by atoms with Gasteiger partial charge < -0.3 is 13.9 Å². The summed E-state index contributed by atoms with van der Waals surface area (Å²) in [4.78, 5) is 11.7. The number of aromatic nitrogens is 2. The number of ether oxygens (including phenoxy) is 2. The molecule has 1 atom stereocenters. The average Bonchev–Trinajstić information content (AvgIpc) is 2.92. The van der Waals surface area contributed by atoms with Crippen LogP contribution in [-0.4, -0.2) is 29.7 Å². The predicted octanol–water partition coefficient (Wildman–Crippen LogP) is 3.39. The highest BCUT2D eigenvalue weighted by Crippen LogP contribution is 2.23. The van der Waals surface area contributed by atoms with E-state index in [1.807, 2.05) is 0 Å². The van der Waals surface area contributed by atoms with Crippen molar-refractivity contribution in [3.63, 3.8) is 0 Å². The molecule has 2 rings (SSSR count). The van der Waals surface area contributed by atoms with Crippen molar-refractivity contribution in [1.29, 1.82) is 0 Å². The first-order valence-electron chi connectivity index (χ1n) is 7.22. The van der Waals surface area contributed by atoms with Crippen molar-refractivity contribution in [3.05, 3.63) is 34.8 Å². The lowest BCUT2D eigenvalue weighted by Gasteiger charge is -2.08. The molecule has 9 heteroatoms. The molecule has 1 aromatic carbocycles. The summed E-state index contributed by atoms with van der Waals surface area (Å²) in [6, 6.07) is 6.35. The Bertz CT molecular complexity index is 707. The van der Waals surface area contributed by atoms with Gasteiger partial charge >= 0.3 is 11.9 Å². The number of halogens is 3. The number of methoxy groups -OCH3 is 1. The van der Waals surface area contributed by atoms with Crippen LogP contribution in [0, 0.1) is 0 Å². The third-order valence-electron chi connectivity index (χ3n) is 3.23. The molecule has 0 amide bonds. The Labute approximate surface area is 135 Å². The van der Waals surface area contributed by atoms with Crippen molar-refractivity contribution in [2.45, 2.75) is 32.2 Å². The second-order valence-electron chi connectivity index (χ2n) is 5.04. The van der Waals surface area contributed by atoms with Gasteiger partial charge in [0, 0.05) is 19.1 Å². The minimum atomic E-state index is -4.18. The molecule has 1 heterocycles. The molecule has 0 bridgehead atoms. The quantitative estimate of drug-likeness (QED) is 0.719. The molecular weight excluding hydrogens is 329 g/mol. The summed E-state index contributed by atoms with van der Waals surface area (Å²) < 4.78 is 52.4. The fraction of sp³-hybridized carbons (Fsp3) is 0.467. The topological polar surface area (TPSA) is 66.5 Å². The van der Waals surface area contributed by atoms with E-state index in [1.165, 1.54) is 7.11 Å². The second-order valence-corrected chi connectivity index (χ2v) is 5.04. The number of benzene rings is 1. The molecule has 6 nitrogen and oxygen atoms in total. The van der Waals surface area contributed by atoms with Crippen molar-refractivity contribution in [3.8, 4) is 17.2 Å². The van der Waals surface area contributed by atoms with Gasteiger partial charge in [-0.05, 0) is 37.6 Å². The lowest BCUT2D eigenvalue weighted by atomic mass is 10.2. The molecule has 2 aromatic rings. The van der Waals surface area contributed by atoms with Crippen LogP contribution >= 0.6 is 0 Å². The third-order valence-corrected chi connectivity index (χ3v) is 3.23. The predicted molar refractivity (Wildman–Crippen MR) is 78.7 cm³/mol. The van der Waals surface area contributed by atoms with Gasteiger partial charge in [-0.15, -0.1) is 5.10 Å². The van der Waals surface area contributed by atoms with Gasteiger partial charge in [-0.2, -0.15) is 17.9 Å². The second kappa shape index (κ2) is 7.52. The number of rotatable bonds is 7. The van der Waals surface area contributed by atoms with E-state index in [-0.39, 0.29) is 18.9 Å². The van der Waals surface area contributed by atoms with E-state index in [9.17, 15) is 18.0 Å². The first-order chi connectivity index (χ1) is 11.3. The first-order valence-corrected chi connectivity index (χ1v) is 7.22. The number of hydrogen-bond donors (Lipinski definition) is 0. The Balaban J connectivity index is 1.98. The normalized spacial score (nSPS) is 13.0. The van der Waals surface area contributed by atoms with Gasteiger partial charge in [0.05, 0.1) is 6.61 Å². The zero-order valence-electron chi connectivity index (χ0n) is 13.2. The lowest BCUT2D eigenvalue weighted by Crippen LogP contribution is -2.20. The Morgan fingerprint density at radius 2 is 1.96 bits per heavy atom. The third kappa shape index (κ3) is 4.85. The molecule has 0 radical (unpaired) electrons. The van der Waals surface area contributed by atoms with Gasteiger partial charge in [-0.1, -0.05) is 0 Å². The summed E-state index contributed by atoms with van der Waals surface area (Å²) in [5.41, 5.74) is 0.539. The summed E-state index contributed by atoms with van der Waals surface area (Å²) in [5.74, 6) is -0.104. The largest absolute Gasteiger partial charge is 0.494 e. The smallest absolute Gasteiger partial charge is 0.439 e. The summed E-state index contributed by atoms with van der Waals surface area (Å²) in [7, 11) is 1.44. The number of alkyl halides is 3. The van der Waals surface area contributed by atoms with Gasteiger partial charge in [-0.25, -0.2) is 4.79 Å². The molecule has 1 aromatic heterocycles. The maximum atomic E-state index is 12.0. The first kappa shape index (κ1) is 18.1. The van der Waals surface area contributed by atoms with Crippen molar-refractivity contribution < 1.29 is 27.1 Å². The Kier molecular flexibility index (Phi) is 5.66. The molecule has 0 spiro atoms. The van der Waals surface area contributed by atoms with Crippen LogP contribution in [0.3, 0.4) is 0 Å². The maximum Gasteiger partial charge on any atom is 0.439 e. The Hall–Kier alpha value is -2.29. The van der Waals surface area contributed by atoms with Gasteiger partial charge in [0.2, 0.25) is 5.89 Å². The summed E-state index contributed by atoms with van der Waals surface area (Å²) in [6.45, 7) is 1.61. The van der Waals surface area contributed by atoms with Crippen LogP contribution in [0.15, 0.2) is 33.5 Å². The molecule has 132 valence electrons. The molecule has 0 N–H and O–H groups in total. The molecule has 0 aliphatic rings. The van der Waals surface area contributed by atoms with Crippen molar-refractivity contribution in [1.82, 2.24) is 9.78 Å². The summed E-state index contributed by atoms with van der Waals surface area (Å²) in [5, 5.41) is 4.03. The van der Waals surface area contributed by atoms with E-state index in [2.05, 4.69) is 5.10 Å². The zero-order valence-corrected chi connectivity index (χ0v) is 13.2. The van der Waals surface area contributed by atoms with Crippen molar-refractivity contribution in [2.24, 2.45) is 0 Å². The van der Waals surface area contributed by atoms with Gasteiger partial charge in [0.15, 0.2) is 6.23 Å². The van der Waals surface area contributed by atoms with Crippen molar-refractivity contribution in [2.75, 3.05) is 13.7 Å². The molecule has 0 fully saturated rings. The maximum absolute atomic E-state index is 12.0. The van der Waals surface area contributed by atoms with E-state index >= 15 is 0 Å². The minimum absolute atomic E-state index is 0.0338. The van der Waals surface area contributed by atoms with E-state index in [0.29, 0.717) is 11.3 Å². The van der Waals surface area contributed by atoms with E-state index < -0.39 is 24.6 Å². The minimum Gasteiger partial charge on any atom is -0.494 e. The van der Waals surface area contributed by atoms with Crippen LogP contribution in [-0.2, 0) is 4.74 Å². The lowest BCUT2D eigenvalue weighted by molar-refractivity contribution is -0.136. The highest BCUT2D eigenvalue weighted by Gasteiger charge is 2.26. The standard InChI is InChI=1S/C15H17F3N2O4/c1-10(22-2)20-14(21)24-13(19-20)11-4-6-12(7-5-11)23-9-3-8-15(16,17)18/h4-7,10H,3,8-9H2,1-2H3. The fourth-order valence-corrected chi connectivity index (χ4v) is 1.89. The van der Waals surface area contributed by atoms with E-state index in [0.717, 1.165) is 4.68 Å². The fourth-order valence-electron chi connectivity index (χ4n) is 1.89. The molecule has 1 unspecified atom stereocenters. The highest BCUT2D eigenvalue weighted by molar-refractivity contribution is 5.53. The van der Waals surface area contributed by atoms with Crippen molar-refractivity contribution >= 4 is 0 Å². The van der Waals surface area contributed by atoms with Crippen LogP contribution in [0.1, 0.15) is 26.0 Å².